The molecule has 0 unspecified atom stereocenters. The van der Waals surface area contributed by atoms with E-state index in [1.54, 1.807) is 0 Å². The monoisotopic (exact) mass is 131 g/mol. The van der Waals surface area contributed by atoms with Crippen LogP contribution < -0.4 is 5.32 Å². The molecule has 0 aromatic rings. The van der Waals surface area contributed by atoms with Crippen LogP contribution in [0.4, 0.5) is 4.39 Å². The van der Waals surface area contributed by atoms with Crippen LogP contribution in [0.2, 0.25) is 0 Å². The van der Waals surface area contributed by atoms with Gasteiger partial charge in [0.1, 0.15) is 0 Å². The molecule has 0 radical (unpaired) electrons. The first kappa shape index (κ1) is 7.00. The molecular weight excluding hydrogens is 117 g/mol. The second-order valence-corrected chi connectivity index (χ2v) is 2.91. The first-order valence-corrected chi connectivity index (χ1v) is 3.60. The van der Waals surface area contributed by atoms with E-state index >= 15 is 0 Å². The van der Waals surface area contributed by atoms with Gasteiger partial charge in [0, 0.05) is 12.0 Å². The molecule has 0 spiro atoms. The van der Waals surface area contributed by atoms with Crippen LogP contribution in [-0.4, -0.2) is 19.8 Å². The Bertz CT molecular complexity index is 80.9. The quantitative estimate of drug-likeness (QED) is 0.596. The van der Waals surface area contributed by atoms with Gasteiger partial charge in [0.15, 0.2) is 0 Å². The standard InChI is InChI=1S/C7H14FN/c1-2-7(5-8)3-4-9-6-7/h9H,2-6H2,1H3/t7-/m0/s1. The maximum atomic E-state index is 12.3. The molecule has 54 valence electrons. The predicted octanol–water partition coefficient (Wildman–Crippen LogP) is 1.35. The first-order chi connectivity index (χ1) is 4.33. The Balaban J connectivity index is 2.45. The average Bonchev–Trinajstić information content (AvgIpc) is 2.36. The van der Waals surface area contributed by atoms with E-state index in [0.717, 1.165) is 25.9 Å². The van der Waals surface area contributed by atoms with Gasteiger partial charge in [-0.3, -0.25) is 4.39 Å². The fourth-order valence-electron chi connectivity index (χ4n) is 1.31. The van der Waals surface area contributed by atoms with Crippen LogP contribution in [0.3, 0.4) is 0 Å². The van der Waals surface area contributed by atoms with Gasteiger partial charge in [0.25, 0.3) is 0 Å². The molecule has 9 heavy (non-hydrogen) atoms. The molecular formula is C7H14FN. The molecule has 1 nitrogen and oxygen atoms in total. The van der Waals surface area contributed by atoms with Crippen molar-refractivity contribution in [2.45, 2.75) is 19.8 Å². The van der Waals surface area contributed by atoms with Gasteiger partial charge in [0.05, 0.1) is 6.67 Å². The molecule has 0 aromatic carbocycles. The molecule has 0 saturated carbocycles. The Morgan fingerprint density at radius 1 is 1.67 bits per heavy atom. The predicted molar refractivity (Wildman–Crippen MR) is 36.2 cm³/mol. The average molecular weight is 131 g/mol. The minimum Gasteiger partial charge on any atom is -0.316 e. The van der Waals surface area contributed by atoms with Gasteiger partial charge in [-0.25, -0.2) is 0 Å². The molecule has 1 rings (SSSR count). The summed E-state index contributed by atoms with van der Waals surface area (Å²) in [5, 5.41) is 3.18. The summed E-state index contributed by atoms with van der Waals surface area (Å²) < 4.78 is 12.3. The summed E-state index contributed by atoms with van der Waals surface area (Å²) in [7, 11) is 0. The summed E-state index contributed by atoms with van der Waals surface area (Å²) in [6.45, 7) is 3.78. The van der Waals surface area contributed by atoms with Crippen molar-refractivity contribution in [3.8, 4) is 0 Å². The molecule has 0 bridgehead atoms. The van der Waals surface area contributed by atoms with Crippen molar-refractivity contribution >= 4 is 0 Å². The second kappa shape index (κ2) is 2.65. The Labute approximate surface area is 55.6 Å². The van der Waals surface area contributed by atoms with E-state index in [-0.39, 0.29) is 12.1 Å². The number of rotatable bonds is 2. The van der Waals surface area contributed by atoms with Crippen molar-refractivity contribution in [2.24, 2.45) is 5.41 Å². The maximum absolute atomic E-state index is 12.3. The SMILES string of the molecule is CC[C@@]1(CF)CCNC1. The summed E-state index contributed by atoms with van der Waals surface area (Å²) in [4.78, 5) is 0. The third kappa shape index (κ3) is 1.23. The summed E-state index contributed by atoms with van der Waals surface area (Å²) in [5.41, 5.74) is 0.000000000000000222. The summed E-state index contributed by atoms with van der Waals surface area (Å²) >= 11 is 0. The van der Waals surface area contributed by atoms with Gasteiger partial charge in [-0.2, -0.15) is 0 Å². The van der Waals surface area contributed by atoms with E-state index in [0.29, 0.717) is 0 Å². The van der Waals surface area contributed by atoms with Crippen LogP contribution in [-0.2, 0) is 0 Å². The number of halogens is 1. The molecule has 1 saturated heterocycles. The minimum absolute atomic E-state index is 0.000000000000000222. The fourth-order valence-corrected chi connectivity index (χ4v) is 1.31. The Morgan fingerprint density at radius 2 is 2.44 bits per heavy atom. The van der Waals surface area contributed by atoms with Gasteiger partial charge < -0.3 is 5.32 Å². The lowest BCUT2D eigenvalue weighted by atomic mass is 9.86. The van der Waals surface area contributed by atoms with E-state index in [4.69, 9.17) is 0 Å². The molecule has 0 amide bonds. The molecule has 0 aliphatic carbocycles. The zero-order valence-corrected chi connectivity index (χ0v) is 5.91. The first-order valence-electron chi connectivity index (χ1n) is 3.60. The lowest BCUT2D eigenvalue weighted by Gasteiger charge is -2.21. The van der Waals surface area contributed by atoms with Gasteiger partial charge in [-0.15, -0.1) is 0 Å². The molecule has 0 aromatic heterocycles. The van der Waals surface area contributed by atoms with Crippen LogP contribution >= 0.6 is 0 Å². The van der Waals surface area contributed by atoms with Crippen LogP contribution in [0.15, 0.2) is 0 Å². The van der Waals surface area contributed by atoms with E-state index in [1.807, 2.05) is 0 Å². The Kier molecular flexibility index (Phi) is 2.06. The van der Waals surface area contributed by atoms with Crippen LogP contribution in [0.25, 0.3) is 0 Å². The molecule has 1 aliphatic heterocycles. The van der Waals surface area contributed by atoms with Crippen molar-refractivity contribution < 1.29 is 4.39 Å². The number of hydrogen-bond acceptors (Lipinski definition) is 1. The van der Waals surface area contributed by atoms with Gasteiger partial charge >= 0.3 is 0 Å². The van der Waals surface area contributed by atoms with Crippen molar-refractivity contribution in [2.75, 3.05) is 19.8 Å². The summed E-state index contributed by atoms with van der Waals surface area (Å²) in [6.07, 6.45) is 1.98. The van der Waals surface area contributed by atoms with Crippen LogP contribution in [0.1, 0.15) is 19.8 Å². The smallest absolute Gasteiger partial charge is 0.0963 e. The van der Waals surface area contributed by atoms with E-state index < -0.39 is 0 Å². The molecule has 1 heterocycles. The number of alkyl halides is 1. The van der Waals surface area contributed by atoms with E-state index in [9.17, 15) is 4.39 Å². The van der Waals surface area contributed by atoms with Crippen LogP contribution in [0, 0.1) is 5.41 Å². The zero-order valence-electron chi connectivity index (χ0n) is 5.91. The second-order valence-electron chi connectivity index (χ2n) is 2.91. The minimum atomic E-state index is -0.156. The van der Waals surface area contributed by atoms with Gasteiger partial charge in [0.2, 0.25) is 0 Å². The number of hydrogen-bond donors (Lipinski definition) is 1. The largest absolute Gasteiger partial charge is 0.316 e. The van der Waals surface area contributed by atoms with Crippen molar-refractivity contribution in [3.63, 3.8) is 0 Å². The topological polar surface area (TPSA) is 12.0 Å². The van der Waals surface area contributed by atoms with E-state index in [2.05, 4.69) is 12.2 Å². The highest BCUT2D eigenvalue weighted by atomic mass is 19.1. The third-order valence-electron chi connectivity index (χ3n) is 2.37. The molecule has 1 N–H and O–H groups in total. The molecule has 1 fully saturated rings. The van der Waals surface area contributed by atoms with Crippen molar-refractivity contribution in [1.82, 2.24) is 5.32 Å². The van der Waals surface area contributed by atoms with Crippen LogP contribution in [0.5, 0.6) is 0 Å². The third-order valence-corrected chi connectivity index (χ3v) is 2.37. The summed E-state index contributed by atoms with van der Waals surface area (Å²) in [5.74, 6) is 0. The zero-order chi connectivity index (χ0) is 6.74. The molecule has 2 heteroatoms. The van der Waals surface area contributed by atoms with Crippen molar-refractivity contribution in [1.29, 1.82) is 0 Å². The molecule has 1 aliphatic rings. The lowest BCUT2D eigenvalue weighted by molar-refractivity contribution is 0.222. The lowest BCUT2D eigenvalue weighted by Crippen LogP contribution is -2.25. The Hall–Kier alpha value is -0.110. The van der Waals surface area contributed by atoms with Gasteiger partial charge in [-0.05, 0) is 19.4 Å². The van der Waals surface area contributed by atoms with Crippen molar-refractivity contribution in [3.05, 3.63) is 0 Å². The fraction of sp³-hybridized carbons (Fsp3) is 1.00. The highest BCUT2D eigenvalue weighted by molar-refractivity contribution is 4.85. The Morgan fingerprint density at radius 3 is 2.67 bits per heavy atom. The van der Waals surface area contributed by atoms with Gasteiger partial charge in [-0.1, -0.05) is 6.92 Å². The normalized spacial score (nSPS) is 35.3. The van der Waals surface area contributed by atoms with E-state index in [1.165, 1.54) is 0 Å². The maximum Gasteiger partial charge on any atom is 0.0963 e. The highest BCUT2D eigenvalue weighted by Crippen LogP contribution is 2.29. The summed E-state index contributed by atoms with van der Waals surface area (Å²) in [6, 6.07) is 0. The molecule has 1 atom stereocenters. The number of nitrogens with one attached hydrogen (secondary N) is 1. The highest BCUT2D eigenvalue weighted by Gasteiger charge is 2.31.